The van der Waals surface area contributed by atoms with Crippen LogP contribution in [0.4, 0.5) is 0 Å². The summed E-state index contributed by atoms with van der Waals surface area (Å²) in [7, 11) is 0. The third-order valence-electron chi connectivity index (χ3n) is 5.87. The van der Waals surface area contributed by atoms with E-state index in [0.717, 1.165) is 51.7 Å². The van der Waals surface area contributed by atoms with Crippen LogP contribution in [0, 0.1) is 5.92 Å². The Morgan fingerprint density at radius 2 is 1.85 bits per heavy atom. The number of Topliss-reactive ketones (excluding diaryl/α,β-unsaturated/α-hetero) is 2. The second kappa shape index (κ2) is 9.44. The van der Waals surface area contributed by atoms with Crippen molar-refractivity contribution in [2.45, 2.75) is 83.8 Å². The number of hydrogen-bond acceptors (Lipinski definition) is 5. The highest BCUT2D eigenvalue weighted by Crippen LogP contribution is 2.25. The van der Waals surface area contributed by atoms with Crippen molar-refractivity contribution in [2.75, 3.05) is 26.2 Å². The number of fused-ring (bicyclic) bond motifs is 10. The van der Waals surface area contributed by atoms with E-state index in [2.05, 4.69) is 41.5 Å². The molecule has 3 heterocycles. The lowest BCUT2D eigenvalue weighted by Gasteiger charge is -2.50. The van der Waals surface area contributed by atoms with Gasteiger partial charge in [-0.3, -0.25) is 19.8 Å². The third kappa shape index (κ3) is 5.72. The first-order valence-electron chi connectivity index (χ1n) is 10.7. The summed E-state index contributed by atoms with van der Waals surface area (Å²) in [5, 5.41) is 6.88. The molecular weight excluding hydrogens is 338 g/mol. The summed E-state index contributed by atoms with van der Waals surface area (Å²) in [5.74, 6) is 0.347. The van der Waals surface area contributed by atoms with Crippen molar-refractivity contribution in [3.05, 3.63) is 12.2 Å². The summed E-state index contributed by atoms with van der Waals surface area (Å²) >= 11 is 0. The fourth-order valence-electron chi connectivity index (χ4n) is 4.39. The van der Waals surface area contributed by atoms with Gasteiger partial charge in [0.05, 0.1) is 12.1 Å². The number of nitrogens with zero attached hydrogens (tertiary/aromatic N) is 1. The van der Waals surface area contributed by atoms with Crippen molar-refractivity contribution in [1.29, 1.82) is 0 Å². The molecule has 3 rings (SSSR count). The molecule has 2 N–H and O–H groups in total. The van der Waals surface area contributed by atoms with E-state index in [1.54, 1.807) is 0 Å². The van der Waals surface area contributed by atoms with Crippen molar-refractivity contribution in [3.8, 4) is 0 Å². The van der Waals surface area contributed by atoms with Crippen molar-refractivity contribution < 1.29 is 9.59 Å². The number of nitrogens with one attached hydrogen (secondary N) is 2. The largest absolute Gasteiger partial charge is 0.301 e. The molecule has 0 spiro atoms. The third-order valence-corrected chi connectivity index (χ3v) is 5.87. The molecule has 0 aromatic heterocycles. The molecule has 0 aliphatic carbocycles. The Hall–Kier alpha value is -1.04. The minimum absolute atomic E-state index is 0.0374. The lowest BCUT2D eigenvalue weighted by molar-refractivity contribution is -0.133. The Bertz CT molecular complexity index is 550. The predicted octanol–water partition coefficient (Wildman–Crippen LogP) is 2.70. The summed E-state index contributed by atoms with van der Waals surface area (Å²) in [6, 6.07) is 0.248. The van der Waals surface area contributed by atoms with Crippen LogP contribution in [0.3, 0.4) is 0 Å². The Kier molecular flexibility index (Phi) is 7.78. The fourth-order valence-corrected chi connectivity index (χ4v) is 4.39. The maximum absolute atomic E-state index is 13.1. The monoisotopic (exact) mass is 377 g/mol. The number of rotatable bonds is 4. The molecule has 0 saturated carbocycles. The van der Waals surface area contributed by atoms with Gasteiger partial charge in [-0.15, -0.1) is 0 Å². The maximum atomic E-state index is 13.1. The molecule has 0 amide bonds. The van der Waals surface area contributed by atoms with Gasteiger partial charge in [-0.1, -0.05) is 38.8 Å². The van der Waals surface area contributed by atoms with Crippen LogP contribution in [-0.4, -0.2) is 59.8 Å². The van der Waals surface area contributed by atoms with E-state index < -0.39 is 11.1 Å². The standard InChI is InChI=1S/C22H39N3O2/c1-17(2)20(27)21(5)12-10-8-6-7-9-11-13-25-15-22(16-25,24-18(3)4)19(26)14-23-21/h9,11,17-18,23-24H,6-8,10,12-16H2,1-5H3/t21-/m0/s1. The number of allylic oxidation sites excluding steroid dienone is 1. The second-order valence-corrected chi connectivity index (χ2v) is 9.25. The van der Waals surface area contributed by atoms with Crippen LogP contribution in [0.2, 0.25) is 0 Å². The van der Waals surface area contributed by atoms with E-state index in [9.17, 15) is 9.59 Å². The van der Waals surface area contributed by atoms with Gasteiger partial charge in [-0.2, -0.15) is 0 Å². The Morgan fingerprint density at radius 3 is 2.48 bits per heavy atom. The lowest BCUT2D eigenvalue weighted by atomic mass is 9.81. The summed E-state index contributed by atoms with van der Waals surface area (Å²) < 4.78 is 0. The van der Waals surface area contributed by atoms with Crippen LogP contribution in [0.25, 0.3) is 0 Å². The van der Waals surface area contributed by atoms with Gasteiger partial charge in [0.15, 0.2) is 11.6 Å². The van der Waals surface area contributed by atoms with Gasteiger partial charge in [0.1, 0.15) is 5.54 Å². The summed E-state index contributed by atoms with van der Waals surface area (Å²) in [4.78, 5) is 28.3. The Labute approximate surface area is 165 Å². The molecule has 154 valence electrons. The molecule has 3 aliphatic rings. The molecule has 0 aromatic rings. The number of carbonyl (C=O) groups excluding carboxylic acids is 2. The van der Waals surface area contributed by atoms with Crippen LogP contribution in [0.5, 0.6) is 0 Å². The van der Waals surface area contributed by atoms with E-state index >= 15 is 0 Å². The molecular formula is C22H39N3O2. The molecule has 0 unspecified atom stereocenters. The van der Waals surface area contributed by atoms with Crippen LogP contribution in [0.1, 0.15) is 66.7 Å². The molecule has 3 aliphatic heterocycles. The first kappa shape index (κ1) is 22.3. The van der Waals surface area contributed by atoms with Crippen LogP contribution in [0.15, 0.2) is 12.2 Å². The average Bonchev–Trinajstić information content (AvgIpc) is 2.57. The van der Waals surface area contributed by atoms with Gasteiger partial charge in [0.2, 0.25) is 0 Å². The molecule has 5 nitrogen and oxygen atoms in total. The minimum atomic E-state index is -0.623. The van der Waals surface area contributed by atoms with Gasteiger partial charge in [0, 0.05) is 31.6 Å². The van der Waals surface area contributed by atoms with Gasteiger partial charge in [0.25, 0.3) is 0 Å². The first-order valence-corrected chi connectivity index (χ1v) is 10.7. The number of ketones is 2. The highest BCUT2D eigenvalue weighted by molar-refractivity contribution is 5.94. The molecule has 0 radical (unpaired) electrons. The lowest BCUT2D eigenvalue weighted by Crippen LogP contribution is -2.75. The first-order chi connectivity index (χ1) is 12.7. The second-order valence-electron chi connectivity index (χ2n) is 9.25. The van der Waals surface area contributed by atoms with E-state index in [4.69, 9.17) is 0 Å². The molecule has 1 atom stereocenters. The predicted molar refractivity (Wildman–Crippen MR) is 111 cm³/mol. The topological polar surface area (TPSA) is 61.4 Å². The molecule has 27 heavy (non-hydrogen) atoms. The highest BCUT2D eigenvalue weighted by Gasteiger charge is 2.49. The quantitative estimate of drug-likeness (QED) is 0.738. The fraction of sp³-hybridized carbons (Fsp3) is 0.818. The zero-order chi connectivity index (χ0) is 20.1. The van der Waals surface area contributed by atoms with Gasteiger partial charge >= 0.3 is 0 Å². The van der Waals surface area contributed by atoms with Crippen LogP contribution < -0.4 is 10.6 Å². The summed E-state index contributed by atoms with van der Waals surface area (Å²) in [5.41, 5.74) is -1.11. The number of carbonyl (C=O) groups is 2. The van der Waals surface area contributed by atoms with Gasteiger partial charge < -0.3 is 5.32 Å². The van der Waals surface area contributed by atoms with E-state index in [0.29, 0.717) is 0 Å². The molecule has 2 bridgehead atoms. The number of hydrogen-bond donors (Lipinski definition) is 2. The average molecular weight is 378 g/mol. The van der Waals surface area contributed by atoms with Crippen molar-refractivity contribution in [3.63, 3.8) is 0 Å². The van der Waals surface area contributed by atoms with Crippen molar-refractivity contribution in [2.24, 2.45) is 5.92 Å². The van der Waals surface area contributed by atoms with Crippen molar-refractivity contribution in [1.82, 2.24) is 15.5 Å². The highest BCUT2D eigenvalue weighted by atomic mass is 16.1. The zero-order valence-corrected chi connectivity index (χ0v) is 17.9. The van der Waals surface area contributed by atoms with Gasteiger partial charge in [-0.05, 0) is 40.0 Å². The SMILES string of the molecule is CC(C)NC12CN(CC=CCCCCC[C@@](C)(C(=O)C(C)C)NCC1=O)C2. The minimum Gasteiger partial charge on any atom is -0.301 e. The summed E-state index contributed by atoms with van der Waals surface area (Å²) in [6.45, 7) is 12.7. The van der Waals surface area contributed by atoms with Gasteiger partial charge in [-0.25, -0.2) is 0 Å². The summed E-state index contributed by atoms with van der Waals surface area (Å²) in [6.07, 6.45) is 9.64. The van der Waals surface area contributed by atoms with Crippen LogP contribution in [-0.2, 0) is 9.59 Å². The molecule has 1 fully saturated rings. The normalized spacial score (nSPS) is 33.4. The van der Waals surface area contributed by atoms with E-state index in [-0.39, 0.29) is 30.1 Å². The molecule has 5 heteroatoms. The van der Waals surface area contributed by atoms with Crippen molar-refractivity contribution >= 4 is 11.6 Å². The molecule has 1 saturated heterocycles. The Balaban J connectivity index is 2.17. The van der Waals surface area contributed by atoms with E-state index in [1.165, 1.54) is 0 Å². The maximum Gasteiger partial charge on any atom is 0.169 e. The molecule has 0 aromatic carbocycles. The van der Waals surface area contributed by atoms with E-state index in [1.807, 2.05) is 20.8 Å². The zero-order valence-electron chi connectivity index (χ0n) is 17.9. The Morgan fingerprint density at radius 1 is 1.15 bits per heavy atom. The smallest absolute Gasteiger partial charge is 0.169 e. The van der Waals surface area contributed by atoms with Crippen LogP contribution >= 0.6 is 0 Å².